The number of aryl methyl sites for hydroxylation is 1. The highest BCUT2D eigenvalue weighted by atomic mass is 79.9. The lowest BCUT2D eigenvalue weighted by Gasteiger charge is -2.00. The molecule has 0 spiro atoms. The first-order valence-electron chi connectivity index (χ1n) is 4.38. The van der Waals surface area contributed by atoms with Gasteiger partial charge in [0.2, 0.25) is 0 Å². The average Bonchev–Trinajstić information content (AvgIpc) is 2.45. The van der Waals surface area contributed by atoms with E-state index in [0.29, 0.717) is 5.04 Å². The minimum Gasteiger partial charge on any atom is -0.248 e. The Bertz CT molecular complexity index is 428. The number of alkyl halides is 1. The molecule has 0 saturated heterocycles. The number of aliphatic imine (C=N–C) groups is 1. The Balaban J connectivity index is 2.41. The molecular formula is C10H10BrNOS. The third-order valence-electron chi connectivity index (χ3n) is 2.15. The molecule has 1 atom stereocenters. The highest BCUT2D eigenvalue weighted by molar-refractivity contribution is 9.09. The molecule has 0 aromatic heterocycles. The van der Waals surface area contributed by atoms with Gasteiger partial charge < -0.3 is 0 Å². The van der Waals surface area contributed by atoms with Gasteiger partial charge in [0.15, 0.2) is 0 Å². The van der Waals surface area contributed by atoms with Gasteiger partial charge in [-0.05, 0) is 31.0 Å². The highest BCUT2D eigenvalue weighted by Gasteiger charge is 2.19. The zero-order valence-electron chi connectivity index (χ0n) is 7.79. The number of fused-ring (bicyclic) bond motifs is 1. The Hall–Kier alpha value is -0.480. The monoisotopic (exact) mass is 271 g/mol. The van der Waals surface area contributed by atoms with Crippen LogP contribution in [0.5, 0.6) is 0 Å². The van der Waals surface area contributed by atoms with Gasteiger partial charge in [-0.25, -0.2) is 9.20 Å². The van der Waals surface area contributed by atoms with Crippen LogP contribution in [0.25, 0.3) is 0 Å². The predicted molar refractivity (Wildman–Crippen MR) is 63.1 cm³/mol. The standard InChI is InChI=1S/C10H10BrNOS/c1-7-12-9-3-2-8(4-5-11)6-10(9)14(7)13/h2-3,6H,4-5H2,1H3. The zero-order chi connectivity index (χ0) is 10.1. The lowest BCUT2D eigenvalue weighted by atomic mass is 10.1. The van der Waals surface area contributed by atoms with Gasteiger partial charge in [0.25, 0.3) is 0 Å². The van der Waals surface area contributed by atoms with Crippen molar-refractivity contribution < 1.29 is 4.21 Å². The number of hydrogen-bond donors (Lipinski definition) is 0. The van der Waals surface area contributed by atoms with Crippen molar-refractivity contribution in [1.82, 2.24) is 0 Å². The zero-order valence-corrected chi connectivity index (χ0v) is 10.2. The molecule has 0 N–H and O–H groups in total. The molecule has 0 radical (unpaired) electrons. The van der Waals surface area contributed by atoms with Crippen LogP contribution in [0, 0.1) is 0 Å². The summed E-state index contributed by atoms with van der Waals surface area (Å²) in [6, 6.07) is 5.98. The van der Waals surface area contributed by atoms with Gasteiger partial charge in [0, 0.05) is 5.33 Å². The molecular weight excluding hydrogens is 262 g/mol. The molecule has 1 aliphatic heterocycles. The van der Waals surface area contributed by atoms with E-state index in [1.165, 1.54) is 5.56 Å². The van der Waals surface area contributed by atoms with Crippen LogP contribution in [0.1, 0.15) is 12.5 Å². The molecule has 0 fully saturated rings. The SMILES string of the molecule is CC1=Nc2ccc(CCBr)cc2S1=O. The molecule has 1 aliphatic rings. The van der Waals surface area contributed by atoms with Crippen molar-refractivity contribution in [2.45, 2.75) is 18.2 Å². The van der Waals surface area contributed by atoms with Crippen molar-refractivity contribution in [3.63, 3.8) is 0 Å². The van der Waals surface area contributed by atoms with Crippen molar-refractivity contribution in [1.29, 1.82) is 0 Å². The summed E-state index contributed by atoms with van der Waals surface area (Å²) in [6.45, 7) is 1.81. The third kappa shape index (κ3) is 1.68. The van der Waals surface area contributed by atoms with E-state index in [4.69, 9.17) is 0 Å². The summed E-state index contributed by atoms with van der Waals surface area (Å²) in [5, 5.41) is 1.63. The summed E-state index contributed by atoms with van der Waals surface area (Å²) < 4.78 is 11.7. The van der Waals surface area contributed by atoms with Crippen LogP contribution in [-0.2, 0) is 17.2 Å². The van der Waals surface area contributed by atoms with E-state index in [1.54, 1.807) is 6.92 Å². The van der Waals surface area contributed by atoms with Gasteiger partial charge in [-0.15, -0.1) is 0 Å². The molecule has 0 amide bonds. The van der Waals surface area contributed by atoms with E-state index in [9.17, 15) is 4.21 Å². The van der Waals surface area contributed by atoms with Crippen LogP contribution in [0.4, 0.5) is 5.69 Å². The second kappa shape index (κ2) is 3.95. The molecule has 74 valence electrons. The van der Waals surface area contributed by atoms with Gasteiger partial charge in [-0.2, -0.15) is 0 Å². The van der Waals surface area contributed by atoms with Crippen LogP contribution in [0.15, 0.2) is 28.1 Å². The lowest BCUT2D eigenvalue weighted by molar-refractivity contribution is 0.690. The smallest absolute Gasteiger partial charge is 0.107 e. The molecule has 0 saturated carbocycles. The third-order valence-corrected chi connectivity index (χ3v) is 3.90. The van der Waals surface area contributed by atoms with Crippen LogP contribution in [0.3, 0.4) is 0 Å². The molecule has 14 heavy (non-hydrogen) atoms. The van der Waals surface area contributed by atoms with Gasteiger partial charge in [0.05, 0.1) is 10.6 Å². The first kappa shape index (κ1) is 10.1. The van der Waals surface area contributed by atoms with E-state index in [0.717, 1.165) is 22.3 Å². The van der Waals surface area contributed by atoms with E-state index < -0.39 is 10.8 Å². The van der Waals surface area contributed by atoms with Gasteiger partial charge in [-0.3, -0.25) is 0 Å². The van der Waals surface area contributed by atoms with Gasteiger partial charge in [-0.1, -0.05) is 22.0 Å². The largest absolute Gasteiger partial charge is 0.248 e. The fourth-order valence-electron chi connectivity index (χ4n) is 1.43. The molecule has 1 aromatic carbocycles. The van der Waals surface area contributed by atoms with Crippen LogP contribution < -0.4 is 0 Å². The van der Waals surface area contributed by atoms with Crippen molar-refractivity contribution in [3.05, 3.63) is 23.8 Å². The molecule has 1 unspecified atom stereocenters. The number of rotatable bonds is 2. The summed E-state index contributed by atoms with van der Waals surface area (Å²) in [7, 11) is -1.02. The van der Waals surface area contributed by atoms with Crippen molar-refractivity contribution in [3.8, 4) is 0 Å². The van der Waals surface area contributed by atoms with Crippen LogP contribution in [0.2, 0.25) is 0 Å². The topological polar surface area (TPSA) is 29.4 Å². The Morgan fingerprint density at radius 3 is 3.00 bits per heavy atom. The van der Waals surface area contributed by atoms with Gasteiger partial charge >= 0.3 is 0 Å². The highest BCUT2D eigenvalue weighted by Crippen LogP contribution is 2.31. The Morgan fingerprint density at radius 1 is 1.50 bits per heavy atom. The summed E-state index contributed by atoms with van der Waals surface area (Å²) >= 11 is 3.39. The van der Waals surface area contributed by atoms with E-state index >= 15 is 0 Å². The average molecular weight is 272 g/mol. The minimum absolute atomic E-state index is 0.705. The molecule has 0 bridgehead atoms. The number of nitrogens with zero attached hydrogens (tertiary/aromatic N) is 1. The fraction of sp³-hybridized carbons (Fsp3) is 0.300. The van der Waals surface area contributed by atoms with Crippen molar-refractivity contribution in [2.75, 3.05) is 5.33 Å². The first-order valence-corrected chi connectivity index (χ1v) is 6.65. The molecule has 1 heterocycles. The molecule has 4 heteroatoms. The first-order chi connectivity index (χ1) is 6.72. The Kier molecular flexibility index (Phi) is 2.83. The maximum atomic E-state index is 11.7. The lowest BCUT2D eigenvalue weighted by Crippen LogP contribution is -1.96. The normalized spacial score (nSPS) is 19.3. The molecule has 2 rings (SSSR count). The fourth-order valence-corrected chi connectivity index (χ4v) is 2.95. The molecule has 0 aliphatic carbocycles. The second-order valence-electron chi connectivity index (χ2n) is 3.14. The summed E-state index contributed by atoms with van der Waals surface area (Å²) in [5.74, 6) is 0. The van der Waals surface area contributed by atoms with Crippen LogP contribution >= 0.6 is 15.9 Å². The number of halogens is 1. The van der Waals surface area contributed by atoms with E-state index in [2.05, 4.69) is 20.9 Å². The molecule has 2 nitrogen and oxygen atoms in total. The Morgan fingerprint density at radius 2 is 2.29 bits per heavy atom. The van der Waals surface area contributed by atoms with Crippen LogP contribution in [-0.4, -0.2) is 14.6 Å². The quantitative estimate of drug-likeness (QED) is 0.761. The van der Waals surface area contributed by atoms with E-state index in [-0.39, 0.29) is 0 Å². The Labute approximate surface area is 94.0 Å². The van der Waals surface area contributed by atoms with E-state index in [1.807, 2.05) is 18.2 Å². The summed E-state index contributed by atoms with van der Waals surface area (Å²) in [4.78, 5) is 5.10. The summed E-state index contributed by atoms with van der Waals surface area (Å²) in [5.41, 5.74) is 2.07. The number of hydrogen-bond acceptors (Lipinski definition) is 2. The van der Waals surface area contributed by atoms with Crippen molar-refractivity contribution >= 4 is 37.5 Å². The number of benzene rings is 1. The van der Waals surface area contributed by atoms with Crippen molar-refractivity contribution in [2.24, 2.45) is 4.99 Å². The minimum atomic E-state index is -1.02. The maximum absolute atomic E-state index is 11.7. The molecule has 1 aromatic rings. The van der Waals surface area contributed by atoms with Gasteiger partial charge in [0.1, 0.15) is 15.8 Å². The second-order valence-corrected chi connectivity index (χ2v) is 5.50. The predicted octanol–water partition coefficient (Wildman–Crippen LogP) is 2.80. The maximum Gasteiger partial charge on any atom is 0.107 e. The summed E-state index contributed by atoms with van der Waals surface area (Å²) in [6.07, 6.45) is 0.962.